The number of pyridine rings is 1. The molecule has 1 fully saturated rings. The van der Waals surface area contributed by atoms with Crippen LogP contribution in [0.2, 0.25) is 0 Å². The molecule has 3 rings (SSSR count). The number of hydrogen-bond donors (Lipinski definition) is 3. The SMILES string of the molecule is CC(C)(C(N)=O)c1cc([C@@](O)(CN)C2CC2)nc(-c2ccc(F)cc2)c1F. The Morgan fingerprint density at radius 1 is 1.26 bits per heavy atom. The Labute approximate surface area is 156 Å². The van der Waals surface area contributed by atoms with Gasteiger partial charge in [-0.1, -0.05) is 0 Å². The third-order valence-electron chi connectivity index (χ3n) is 5.37. The number of amides is 1. The highest BCUT2D eigenvalue weighted by Crippen LogP contribution is 2.46. The van der Waals surface area contributed by atoms with Crippen LogP contribution in [0.5, 0.6) is 0 Å². The second-order valence-electron chi connectivity index (χ2n) is 7.62. The van der Waals surface area contributed by atoms with Gasteiger partial charge in [0.1, 0.15) is 17.1 Å². The van der Waals surface area contributed by atoms with Crippen LogP contribution in [0.4, 0.5) is 8.78 Å². The largest absolute Gasteiger partial charge is 0.382 e. The second-order valence-corrected chi connectivity index (χ2v) is 7.62. The number of nitrogens with zero attached hydrogens (tertiary/aromatic N) is 1. The smallest absolute Gasteiger partial charge is 0.227 e. The Morgan fingerprint density at radius 2 is 1.85 bits per heavy atom. The zero-order valence-electron chi connectivity index (χ0n) is 15.3. The molecule has 27 heavy (non-hydrogen) atoms. The van der Waals surface area contributed by atoms with Gasteiger partial charge in [-0.3, -0.25) is 4.79 Å². The van der Waals surface area contributed by atoms with Crippen LogP contribution in [0.15, 0.2) is 30.3 Å². The zero-order chi connectivity index (χ0) is 20.0. The molecule has 0 radical (unpaired) electrons. The van der Waals surface area contributed by atoms with Crippen molar-refractivity contribution in [1.82, 2.24) is 4.98 Å². The molecule has 1 saturated carbocycles. The first kappa shape index (κ1) is 19.4. The first-order valence-electron chi connectivity index (χ1n) is 8.81. The maximum Gasteiger partial charge on any atom is 0.227 e. The van der Waals surface area contributed by atoms with Crippen LogP contribution in [0, 0.1) is 17.6 Å². The Hall–Kier alpha value is -2.38. The molecule has 0 spiro atoms. The molecule has 144 valence electrons. The van der Waals surface area contributed by atoms with E-state index < -0.39 is 28.6 Å². The number of nitrogens with two attached hydrogens (primary N) is 2. The number of hydrogen-bond acceptors (Lipinski definition) is 4. The van der Waals surface area contributed by atoms with Gasteiger partial charge in [0.05, 0.1) is 11.1 Å². The second kappa shape index (κ2) is 6.65. The van der Waals surface area contributed by atoms with E-state index in [1.54, 1.807) is 0 Å². The summed E-state index contributed by atoms with van der Waals surface area (Å²) in [6, 6.07) is 6.54. The van der Waals surface area contributed by atoms with E-state index in [4.69, 9.17) is 11.5 Å². The lowest BCUT2D eigenvalue weighted by atomic mass is 9.80. The molecule has 0 bridgehead atoms. The topological polar surface area (TPSA) is 102 Å². The zero-order valence-corrected chi connectivity index (χ0v) is 15.3. The third kappa shape index (κ3) is 3.33. The molecule has 1 aliphatic rings. The molecule has 5 N–H and O–H groups in total. The predicted octanol–water partition coefficient (Wildman–Crippen LogP) is 2.35. The summed E-state index contributed by atoms with van der Waals surface area (Å²) in [4.78, 5) is 16.3. The fourth-order valence-electron chi connectivity index (χ4n) is 3.18. The molecule has 1 aromatic heterocycles. The van der Waals surface area contributed by atoms with Gasteiger partial charge < -0.3 is 16.6 Å². The average Bonchev–Trinajstić information content (AvgIpc) is 3.47. The summed E-state index contributed by atoms with van der Waals surface area (Å²) in [5.74, 6) is -1.99. The number of rotatable bonds is 6. The highest BCUT2D eigenvalue weighted by molar-refractivity contribution is 5.86. The number of halogens is 2. The van der Waals surface area contributed by atoms with Crippen LogP contribution in [-0.2, 0) is 15.8 Å². The number of benzene rings is 1. The van der Waals surface area contributed by atoms with E-state index in [1.807, 2.05) is 0 Å². The van der Waals surface area contributed by atoms with Gasteiger partial charge in [0.15, 0.2) is 5.82 Å². The van der Waals surface area contributed by atoms with Crippen molar-refractivity contribution < 1.29 is 18.7 Å². The summed E-state index contributed by atoms with van der Waals surface area (Å²) in [5, 5.41) is 11.1. The number of primary amides is 1. The van der Waals surface area contributed by atoms with Gasteiger partial charge in [0, 0.05) is 17.7 Å². The predicted molar refractivity (Wildman–Crippen MR) is 97.5 cm³/mol. The molecular weight excluding hydrogens is 352 g/mol. The van der Waals surface area contributed by atoms with Crippen molar-refractivity contribution in [3.8, 4) is 11.3 Å². The van der Waals surface area contributed by atoms with Crippen molar-refractivity contribution in [3.05, 3.63) is 53.2 Å². The first-order valence-corrected chi connectivity index (χ1v) is 8.81. The summed E-state index contributed by atoms with van der Waals surface area (Å²) in [6.45, 7) is 2.92. The van der Waals surface area contributed by atoms with Gasteiger partial charge >= 0.3 is 0 Å². The minimum absolute atomic E-state index is 0.0202. The van der Waals surface area contributed by atoms with E-state index >= 15 is 4.39 Å². The molecular formula is C20H23F2N3O2. The summed E-state index contributed by atoms with van der Waals surface area (Å²) in [7, 11) is 0. The number of aliphatic hydroxyl groups is 1. The number of aromatic nitrogens is 1. The van der Waals surface area contributed by atoms with E-state index in [1.165, 1.54) is 44.2 Å². The van der Waals surface area contributed by atoms with E-state index in [0.29, 0.717) is 5.56 Å². The van der Waals surface area contributed by atoms with Crippen LogP contribution in [-0.4, -0.2) is 22.5 Å². The molecule has 1 aliphatic carbocycles. The van der Waals surface area contributed by atoms with E-state index in [2.05, 4.69) is 4.98 Å². The van der Waals surface area contributed by atoms with Crippen LogP contribution in [0.3, 0.4) is 0 Å². The molecule has 1 amide bonds. The van der Waals surface area contributed by atoms with Crippen molar-refractivity contribution in [2.45, 2.75) is 37.7 Å². The fourth-order valence-corrected chi connectivity index (χ4v) is 3.18. The number of carbonyl (C=O) groups is 1. The van der Waals surface area contributed by atoms with Gasteiger partial charge in [-0.15, -0.1) is 0 Å². The standard InChI is InChI=1S/C20H23F2N3O2/c1-19(2,18(24)26)14-9-15(20(27,10-23)12-5-6-12)25-17(16(14)22)11-3-7-13(21)8-4-11/h3-4,7-9,12,27H,5-6,10,23H2,1-2H3,(H2,24,26)/t20-/m1/s1. The maximum absolute atomic E-state index is 15.3. The van der Waals surface area contributed by atoms with E-state index in [9.17, 15) is 14.3 Å². The van der Waals surface area contributed by atoms with Gasteiger partial charge in [0.2, 0.25) is 5.91 Å². The van der Waals surface area contributed by atoms with Crippen molar-refractivity contribution in [1.29, 1.82) is 0 Å². The highest BCUT2D eigenvalue weighted by Gasteiger charge is 2.46. The molecule has 1 aromatic carbocycles. The number of carbonyl (C=O) groups excluding carboxylic acids is 1. The van der Waals surface area contributed by atoms with Crippen LogP contribution in [0.25, 0.3) is 11.3 Å². The average molecular weight is 375 g/mol. The normalized spacial score (nSPS) is 16.8. The minimum atomic E-state index is -1.43. The summed E-state index contributed by atoms with van der Waals surface area (Å²) < 4.78 is 28.6. The fraction of sp³-hybridized carbons (Fsp3) is 0.400. The van der Waals surface area contributed by atoms with Crippen LogP contribution < -0.4 is 11.5 Å². The first-order chi connectivity index (χ1) is 12.6. The maximum atomic E-state index is 15.3. The van der Waals surface area contributed by atoms with Gasteiger partial charge in [-0.05, 0) is 62.9 Å². The molecule has 7 heteroatoms. The molecule has 1 atom stereocenters. The molecule has 5 nitrogen and oxygen atoms in total. The Balaban J connectivity index is 2.28. The van der Waals surface area contributed by atoms with Crippen LogP contribution in [0.1, 0.15) is 37.9 Å². The monoisotopic (exact) mass is 375 g/mol. The van der Waals surface area contributed by atoms with Crippen molar-refractivity contribution in [2.24, 2.45) is 17.4 Å². The van der Waals surface area contributed by atoms with Crippen molar-refractivity contribution in [2.75, 3.05) is 6.54 Å². The van der Waals surface area contributed by atoms with Gasteiger partial charge in [-0.2, -0.15) is 0 Å². The molecule has 1 heterocycles. The van der Waals surface area contributed by atoms with Crippen molar-refractivity contribution in [3.63, 3.8) is 0 Å². The minimum Gasteiger partial charge on any atom is -0.382 e. The molecule has 0 unspecified atom stereocenters. The van der Waals surface area contributed by atoms with Gasteiger partial charge in [0.25, 0.3) is 0 Å². The summed E-state index contributed by atoms with van der Waals surface area (Å²) >= 11 is 0. The highest BCUT2D eigenvalue weighted by atomic mass is 19.1. The lowest BCUT2D eigenvalue weighted by Crippen LogP contribution is -2.40. The summed E-state index contributed by atoms with van der Waals surface area (Å²) in [5.41, 5.74) is 9.00. The van der Waals surface area contributed by atoms with Crippen LogP contribution >= 0.6 is 0 Å². The Bertz CT molecular complexity index is 880. The lowest BCUT2D eigenvalue weighted by Gasteiger charge is -2.30. The molecule has 0 saturated heterocycles. The van der Waals surface area contributed by atoms with Gasteiger partial charge in [-0.25, -0.2) is 13.8 Å². The Kier molecular flexibility index (Phi) is 4.78. The molecule has 0 aliphatic heterocycles. The summed E-state index contributed by atoms with van der Waals surface area (Å²) in [6.07, 6.45) is 1.57. The van der Waals surface area contributed by atoms with Crippen molar-refractivity contribution >= 4 is 5.91 Å². The Morgan fingerprint density at radius 3 is 2.33 bits per heavy atom. The lowest BCUT2D eigenvalue weighted by molar-refractivity contribution is -0.122. The third-order valence-corrected chi connectivity index (χ3v) is 5.37. The van der Waals surface area contributed by atoms with E-state index in [-0.39, 0.29) is 29.4 Å². The molecule has 2 aromatic rings. The van der Waals surface area contributed by atoms with E-state index in [0.717, 1.165) is 12.8 Å². The quantitative estimate of drug-likeness (QED) is 0.721.